The lowest BCUT2D eigenvalue weighted by atomic mass is 10.4. The Morgan fingerprint density at radius 3 is 2.67 bits per heavy atom. The Balaban J connectivity index is 3.55. The largest absolute Gasteiger partial charge is 0.502 e. The molecule has 0 bridgehead atoms. The van der Waals surface area contributed by atoms with Crippen molar-refractivity contribution < 1.29 is 10.0 Å². The molecule has 0 radical (unpaired) electrons. The third kappa shape index (κ3) is 1.24. The van der Waals surface area contributed by atoms with Crippen LogP contribution in [0.4, 0.5) is 5.69 Å². The number of aromatic nitrogens is 1. The minimum Gasteiger partial charge on any atom is -0.502 e. The van der Waals surface area contributed by atoms with Crippen molar-refractivity contribution in [3.05, 3.63) is 32.7 Å². The number of hydrogen-bond acceptors (Lipinski definition) is 4. The second kappa shape index (κ2) is 2.82. The standard InChI is InChI=1S/C5H3ClN2O4/c6-7-2-1-3(9)4(5(7)10)8(11)12/h1-2,9H. The van der Waals surface area contributed by atoms with E-state index in [0.29, 0.717) is 4.09 Å². The molecule has 1 N–H and O–H groups in total. The summed E-state index contributed by atoms with van der Waals surface area (Å²) in [5.74, 6) is -0.693. The van der Waals surface area contributed by atoms with Crippen LogP contribution in [0.1, 0.15) is 0 Å². The molecule has 0 aliphatic carbocycles. The van der Waals surface area contributed by atoms with E-state index in [0.717, 1.165) is 12.3 Å². The summed E-state index contributed by atoms with van der Waals surface area (Å²) in [7, 11) is 0. The summed E-state index contributed by atoms with van der Waals surface area (Å²) >= 11 is 5.22. The van der Waals surface area contributed by atoms with Gasteiger partial charge in [0.1, 0.15) is 0 Å². The Morgan fingerprint density at radius 1 is 1.67 bits per heavy atom. The van der Waals surface area contributed by atoms with Gasteiger partial charge in [-0.2, -0.15) is 0 Å². The number of halogens is 1. The first-order valence-electron chi connectivity index (χ1n) is 2.79. The van der Waals surface area contributed by atoms with Gasteiger partial charge in [0.25, 0.3) is 0 Å². The lowest BCUT2D eigenvalue weighted by molar-refractivity contribution is -0.387. The normalized spacial score (nSPS) is 9.75. The van der Waals surface area contributed by atoms with E-state index in [9.17, 15) is 14.9 Å². The van der Waals surface area contributed by atoms with E-state index < -0.39 is 21.9 Å². The van der Waals surface area contributed by atoms with Gasteiger partial charge >= 0.3 is 11.2 Å². The molecule has 0 fully saturated rings. The molecule has 0 aliphatic rings. The summed E-state index contributed by atoms with van der Waals surface area (Å²) in [4.78, 5) is 20.0. The summed E-state index contributed by atoms with van der Waals surface area (Å²) in [6.07, 6.45) is 1.02. The van der Waals surface area contributed by atoms with Crippen molar-refractivity contribution >= 4 is 17.5 Å². The monoisotopic (exact) mass is 190 g/mol. The van der Waals surface area contributed by atoms with E-state index in [-0.39, 0.29) is 0 Å². The Kier molecular flexibility index (Phi) is 2.01. The van der Waals surface area contributed by atoms with Crippen LogP contribution in [0.15, 0.2) is 17.1 Å². The predicted molar refractivity (Wildman–Crippen MR) is 40.3 cm³/mol. The summed E-state index contributed by atoms with van der Waals surface area (Å²) in [6, 6.07) is 0.965. The second-order valence-electron chi connectivity index (χ2n) is 1.92. The van der Waals surface area contributed by atoms with Crippen LogP contribution < -0.4 is 5.56 Å². The fourth-order valence-corrected chi connectivity index (χ4v) is 0.801. The van der Waals surface area contributed by atoms with Crippen molar-refractivity contribution in [1.82, 2.24) is 4.09 Å². The molecule has 0 spiro atoms. The summed E-state index contributed by atoms with van der Waals surface area (Å²) < 4.78 is 0.498. The van der Waals surface area contributed by atoms with Crippen molar-refractivity contribution in [2.24, 2.45) is 0 Å². The van der Waals surface area contributed by atoms with Gasteiger partial charge in [-0.05, 0) is 0 Å². The van der Waals surface area contributed by atoms with Crippen molar-refractivity contribution in [1.29, 1.82) is 0 Å². The van der Waals surface area contributed by atoms with E-state index in [2.05, 4.69) is 0 Å². The van der Waals surface area contributed by atoms with Gasteiger partial charge in [0, 0.05) is 24.0 Å². The molecule has 0 amide bonds. The lowest BCUT2D eigenvalue weighted by Crippen LogP contribution is -2.15. The molecule has 0 aliphatic heterocycles. The van der Waals surface area contributed by atoms with Gasteiger partial charge < -0.3 is 5.11 Å². The number of pyridine rings is 1. The summed E-state index contributed by atoms with van der Waals surface area (Å²) in [5.41, 5.74) is -1.98. The van der Waals surface area contributed by atoms with Crippen molar-refractivity contribution in [3.63, 3.8) is 0 Å². The highest BCUT2D eigenvalue weighted by Gasteiger charge is 2.19. The van der Waals surface area contributed by atoms with Crippen LogP contribution >= 0.6 is 11.8 Å². The Hall–Kier alpha value is -1.56. The molecule has 7 heteroatoms. The third-order valence-corrected chi connectivity index (χ3v) is 1.45. The van der Waals surface area contributed by atoms with Gasteiger partial charge in [0.05, 0.1) is 4.92 Å². The first kappa shape index (κ1) is 8.54. The molecule has 0 saturated heterocycles. The van der Waals surface area contributed by atoms with Crippen LogP contribution in [-0.2, 0) is 0 Å². The molecule has 1 aromatic rings. The fraction of sp³-hybridized carbons (Fsp3) is 0. The average molecular weight is 191 g/mol. The highest BCUT2D eigenvalue weighted by Crippen LogP contribution is 2.19. The highest BCUT2D eigenvalue weighted by molar-refractivity contribution is 6.15. The van der Waals surface area contributed by atoms with Gasteiger partial charge in [0.2, 0.25) is 5.75 Å². The molecule has 1 aromatic heterocycles. The van der Waals surface area contributed by atoms with E-state index in [1.54, 1.807) is 0 Å². The van der Waals surface area contributed by atoms with Crippen molar-refractivity contribution in [2.45, 2.75) is 0 Å². The van der Waals surface area contributed by atoms with Gasteiger partial charge in [-0.25, -0.2) is 4.09 Å². The second-order valence-corrected chi connectivity index (χ2v) is 2.29. The molecule has 6 nitrogen and oxygen atoms in total. The van der Waals surface area contributed by atoms with Gasteiger partial charge in [-0.3, -0.25) is 14.9 Å². The zero-order valence-corrected chi connectivity index (χ0v) is 6.35. The highest BCUT2D eigenvalue weighted by atomic mass is 35.5. The summed E-state index contributed by atoms with van der Waals surface area (Å²) in [5, 5.41) is 19.0. The number of nitrogens with zero attached hydrogens (tertiary/aromatic N) is 2. The zero-order valence-electron chi connectivity index (χ0n) is 5.60. The molecule has 0 unspecified atom stereocenters. The first-order chi connectivity index (χ1) is 5.54. The maximum atomic E-state index is 10.9. The third-order valence-electron chi connectivity index (χ3n) is 1.19. The molecular weight excluding hydrogens is 188 g/mol. The molecule has 64 valence electrons. The van der Waals surface area contributed by atoms with E-state index >= 15 is 0 Å². The quantitative estimate of drug-likeness (QED) is 0.515. The van der Waals surface area contributed by atoms with Gasteiger partial charge in [0.15, 0.2) is 0 Å². The van der Waals surface area contributed by atoms with E-state index in [1.807, 2.05) is 0 Å². The zero-order chi connectivity index (χ0) is 9.30. The number of nitro groups is 1. The predicted octanol–water partition coefficient (Wildman–Crippen LogP) is 0.464. The first-order valence-corrected chi connectivity index (χ1v) is 3.13. The molecule has 0 saturated carbocycles. The topological polar surface area (TPSA) is 85.4 Å². The molecule has 0 atom stereocenters. The van der Waals surface area contributed by atoms with E-state index in [4.69, 9.17) is 16.9 Å². The fourth-order valence-electron chi connectivity index (χ4n) is 0.665. The number of hydrogen-bond donors (Lipinski definition) is 1. The van der Waals surface area contributed by atoms with Gasteiger partial charge in [-0.15, -0.1) is 0 Å². The number of aromatic hydroxyl groups is 1. The van der Waals surface area contributed by atoms with Gasteiger partial charge in [-0.1, -0.05) is 0 Å². The van der Waals surface area contributed by atoms with Crippen molar-refractivity contribution in [2.75, 3.05) is 0 Å². The van der Waals surface area contributed by atoms with Crippen LogP contribution in [0.25, 0.3) is 0 Å². The van der Waals surface area contributed by atoms with Crippen LogP contribution in [0.3, 0.4) is 0 Å². The molecule has 1 rings (SSSR count). The van der Waals surface area contributed by atoms with Crippen LogP contribution in [0, 0.1) is 10.1 Å². The molecule has 0 aromatic carbocycles. The Morgan fingerprint density at radius 2 is 2.25 bits per heavy atom. The maximum absolute atomic E-state index is 10.9. The molecular formula is C5H3ClN2O4. The minimum absolute atomic E-state index is 0.498. The Bertz CT molecular complexity index is 386. The maximum Gasteiger partial charge on any atom is 0.376 e. The van der Waals surface area contributed by atoms with Crippen molar-refractivity contribution in [3.8, 4) is 5.75 Å². The summed E-state index contributed by atoms with van der Waals surface area (Å²) in [6.45, 7) is 0. The van der Waals surface area contributed by atoms with Crippen LogP contribution in [-0.4, -0.2) is 14.1 Å². The average Bonchev–Trinajstić information content (AvgIpc) is 1.97. The number of rotatable bonds is 1. The van der Waals surface area contributed by atoms with E-state index in [1.165, 1.54) is 0 Å². The molecule has 12 heavy (non-hydrogen) atoms. The Labute approximate surface area is 70.9 Å². The smallest absolute Gasteiger partial charge is 0.376 e. The van der Waals surface area contributed by atoms with Crippen LogP contribution in [0.2, 0.25) is 0 Å². The SMILES string of the molecule is O=c1c([N+](=O)[O-])c(O)ccn1Cl. The minimum atomic E-state index is -1.05. The van der Waals surface area contributed by atoms with Crippen LogP contribution in [0.5, 0.6) is 5.75 Å². The molecule has 1 heterocycles. The lowest BCUT2D eigenvalue weighted by Gasteiger charge is -1.95.